The summed E-state index contributed by atoms with van der Waals surface area (Å²) in [6, 6.07) is 0.832. The highest BCUT2D eigenvalue weighted by molar-refractivity contribution is 5.75. The largest absolute Gasteiger partial charge is 0.255 e. The van der Waals surface area contributed by atoms with E-state index in [9.17, 15) is 0 Å². The van der Waals surface area contributed by atoms with E-state index in [4.69, 9.17) is 0 Å². The predicted molar refractivity (Wildman–Crippen MR) is 75.0 cm³/mol. The van der Waals surface area contributed by atoms with E-state index in [0.717, 1.165) is 6.04 Å². The molecule has 2 nitrogen and oxygen atoms in total. The van der Waals surface area contributed by atoms with Crippen LogP contribution in [0.5, 0.6) is 0 Å². The minimum absolute atomic E-state index is 0. The Hall–Kier alpha value is 0.137. The van der Waals surface area contributed by atoms with Crippen LogP contribution in [0.4, 0.5) is 0 Å². The lowest BCUT2D eigenvalue weighted by Crippen LogP contribution is -2.47. The fraction of sp³-hybridized carbons (Fsp3) is 1.00. The monoisotopic (exact) mass is 252 g/mol. The van der Waals surface area contributed by atoms with E-state index < -0.39 is 0 Å². The zero-order valence-corrected chi connectivity index (χ0v) is 12.2. The van der Waals surface area contributed by atoms with E-state index >= 15 is 0 Å². The van der Waals surface area contributed by atoms with Crippen molar-refractivity contribution in [2.24, 2.45) is 0 Å². The first-order valence-corrected chi connectivity index (χ1v) is 7.47. The van der Waals surface area contributed by atoms with Gasteiger partial charge in [-0.1, -0.05) is 44.9 Å². The van der Waals surface area contributed by atoms with Gasteiger partial charge >= 0.3 is 0 Å². The Labute approximate surface area is 112 Å². The first-order valence-electron chi connectivity index (χ1n) is 7.47. The van der Waals surface area contributed by atoms with Gasteiger partial charge in [-0.25, -0.2) is 5.01 Å². The Bertz CT molecular complexity index is 151. The molecule has 2 rings (SSSR count). The summed E-state index contributed by atoms with van der Waals surface area (Å²) < 4.78 is 0. The second-order valence-electron chi connectivity index (χ2n) is 5.51. The molecule has 1 N–H and O–H groups in total. The SMILES string of the molecule is C1CCCC(N2CCCCCCN2)CCC1.[Si]. The Morgan fingerprint density at radius 3 is 2.06 bits per heavy atom. The number of nitrogens with zero attached hydrogens (tertiary/aromatic N) is 1. The molecule has 2 aliphatic rings. The van der Waals surface area contributed by atoms with Gasteiger partial charge in [-0.15, -0.1) is 0 Å². The van der Waals surface area contributed by atoms with Crippen LogP contribution in [-0.4, -0.2) is 35.1 Å². The number of hydrogen-bond donors (Lipinski definition) is 1. The summed E-state index contributed by atoms with van der Waals surface area (Å²) in [5, 5.41) is 2.59. The Morgan fingerprint density at radius 2 is 1.29 bits per heavy atom. The third-order valence-electron chi connectivity index (χ3n) is 4.16. The Morgan fingerprint density at radius 1 is 0.706 bits per heavy atom. The number of nitrogens with one attached hydrogen (secondary N) is 1. The molecule has 0 unspecified atom stereocenters. The van der Waals surface area contributed by atoms with E-state index in [1.807, 2.05) is 0 Å². The molecule has 1 aliphatic carbocycles. The average Bonchev–Trinajstić information content (AvgIpc) is 2.18. The fourth-order valence-electron chi connectivity index (χ4n) is 3.12. The van der Waals surface area contributed by atoms with Crippen molar-refractivity contribution < 1.29 is 0 Å². The van der Waals surface area contributed by atoms with Crippen LogP contribution < -0.4 is 5.43 Å². The van der Waals surface area contributed by atoms with Crippen LogP contribution in [0.2, 0.25) is 0 Å². The van der Waals surface area contributed by atoms with Gasteiger partial charge in [-0.05, 0) is 25.7 Å². The summed E-state index contributed by atoms with van der Waals surface area (Å²) in [5.41, 5.74) is 3.67. The number of hydrazine groups is 1. The van der Waals surface area contributed by atoms with Crippen molar-refractivity contribution in [3.63, 3.8) is 0 Å². The molecule has 4 radical (unpaired) electrons. The van der Waals surface area contributed by atoms with Gasteiger partial charge in [0.05, 0.1) is 0 Å². The van der Waals surface area contributed by atoms with E-state index in [0.29, 0.717) is 0 Å². The minimum atomic E-state index is 0. The maximum atomic E-state index is 3.67. The molecular weight excluding hydrogens is 224 g/mol. The zero-order chi connectivity index (χ0) is 11.1. The fourth-order valence-corrected chi connectivity index (χ4v) is 3.12. The highest BCUT2D eigenvalue weighted by Crippen LogP contribution is 2.21. The van der Waals surface area contributed by atoms with Gasteiger partial charge in [-0.2, -0.15) is 0 Å². The van der Waals surface area contributed by atoms with Gasteiger partial charge in [0.15, 0.2) is 0 Å². The molecule has 17 heavy (non-hydrogen) atoms. The van der Waals surface area contributed by atoms with E-state index in [2.05, 4.69) is 10.4 Å². The zero-order valence-electron chi connectivity index (χ0n) is 11.2. The Balaban J connectivity index is 0.00000144. The van der Waals surface area contributed by atoms with Crippen LogP contribution in [0.1, 0.15) is 70.6 Å². The van der Waals surface area contributed by atoms with Crippen LogP contribution in [0.3, 0.4) is 0 Å². The molecule has 1 saturated carbocycles. The van der Waals surface area contributed by atoms with Gasteiger partial charge in [-0.3, -0.25) is 5.43 Å². The van der Waals surface area contributed by atoms with E-state index in [-0.39, 0.29) is 11.0 Å². The van der Waals surface area contributed by atoms with Crippen molar-refractivity contribution in [3.8, 4) is 0 Å². The normalized spacial score (nSPS) is 26.1. The van der Waals surface area contributed by atoms with Crippen LogP contribution in [0.15, 0.2) is 0 Å². The average molecular weight is 252 g/mol. The lowest BCUT2D eigenvalue weighted by atomic mass is 9.96. The van der Waals surface area contributed by atoms with E-state index in [1.54, 1.807) is 0 Å². The summed E-state index contributed by atoms with van der Waals surface area (Å²) in [4.78, 5) is 0. The second-order valence-corrected chi connectivity index (χ2v) is 5.51. The van der Waals surface area contributed by atoms with Crippen LogP contribution >= 0.6 is 0 Å². The third-order valence-corrected chi connectivity index (χ3v) is 4.16. The molecule has 0 aromatic heterocycles. The van der Waals surface area contributed by atoms with Gasteiger partial charge in [0.1, 0.15) is 0 Å². The molecule has 98 valence electrons. The molecule has 1 heterocycles. The standard InChI is InChI=1S/C14H28N2.Si/c1-2-6-10-14(11-7-3-1)16-13-9-5-4-8-12-15-16;/h14-15H,1-13H2;. The van der Waals surface area contributed by atoms with Gasteiger partial charge < -0.3 is 0 Å². The van der Waals surface area contributed by atoms with Gasteiger partial charge in [0.2, 0.25) is 0 Å². The molecule has 0 bridgehead atoms. The van der Waals surface area contributed by atoms with Crippen molar-refractivity contribution in [1.82, 2.24) is 10.4 Å². The maximum Gasteiger partial charge on any atom is 0.0243 e. The number of rotatable bonds is 1. The maximum absolute atomic E-state index is 3.67. The minimum Gasteiger partial charge on any atom is -0.255 e. The summed E-state index contributed by atoms with van der Waals surface area (Å²) in [7, 11) is 0. The molecule has 0 aromatic carbocycles. The number of hydrogen-bond acceptors (Lipinski definition) is 2. The first-order chi connectivity index (χ1) is 7.97. The smallest absolute Gasteiger partial charge is 0.0243 e. The molecule has 0 aromatic rings. The lowest BCUT2D eigenvalue weighted by molar-refractivity contribution is 0.0927. The van der Waals surface area contributed by atoms with Gasteiger partial charge in [0, 0.05) is 30.1 Å². The van der Waals surface area contributed by atoms with E-state index in [1.165, 1.54) is 83.7 Å². The third kappa shape index (κ3) is 5.54. The molecule has 3 heteroatoms. The molecule has 1 saturated heterocycles. The molecule has 0 spiro atoms. The van der Waals surface area contributed by atoms with Crippen LogP contribution in [-0.2, 0) is 0 Å². The summed E-state index contributed by atoms with van der Waals surface area (Å²) in [6.07, 6.45) is 15.8. The molecular formula is C14H28N2Si. The van der Waals surface area contributed by atoms with Crippen molar-refractivity contribution in [3.05, 3.63) is 0 Å². The van der Waals surface area contributed by atoms with Crippen molar-refractivity contribution in [2.45, 2.75) is 76.7 Å². The topological polar surface area (TPSA) is 15.3 Å². The van der Waals surface area contributed by atoms with Crippen LogP contribution in [0.25, 0.3) is 0 Å². The Kier molecular flexibility index (Phi) is 8.15. The molecule has 0 amide bonds. The molecule has 1 aliphatic heterocycles. The molecule has 2 fully saturated rings. The highest BCUT2D eigenvalue weighted by atomic mass is 28.1. The van der Waals surface area contributed by atoms with Crippen LogP contribution in [0, 0.1) is 0 Å². The summed E-state index contributed by atoms with van der Waals surface area (Å²) in [6.45, 7) is 2.49. The summed E-state index contributed by atoms with van der Waals surface area (Å²) >= 11 is 0. The summed E-state index contributed by atoms with van der Waals surface area (Å²) in [5.74, 6) is 0. The predicted octanol–water partition coefficient (Wildman–Crippen LogP) is 3.10. The highest BCUT2D eigenvalue weighted by Gasteiger charge is 2.19. The first kappa shape index (κ1) is 15.2. The van der Waals surface area contributed by atoms with Crippen molar-refractivity contribution in [2.75, 3.05) is 13.1 Å². The van der Waals surface area contributed by atoms with Gasteiger partial charge in [0.25, 0.3) is 0 Å². The second kappa shape index (κ2) is 9.12. The van der Waals surface area contributed by atoms with Crippen molar-refractivity contribution >= 4 is 11.0 Å². The lowest BCUT2D eigenvalue weighted by Gasteiger charge is -2.34. The van der Waals surface area contributed by atoms with Crippen molar-refractivity contribution in [1.29, 1.82) is 0 Å². The quantitative estimate of drug-likeness (QED) is 0.722. The molecule has 0 atom stereocenters.